The minimum absolute atomic E-state index is 0.242. The van der Waals surface area contributed by atoms with Crippen molar-refractivity contribution in [2.75, 3.05) is 14.2 Å². The highest BCUT2D eigenvalue weighted by Gasteiger charge is 2.46. The lowest BCUT2D eigenvalue weighted by Crippen LogP contribution is -2.56. The number of amides is 1. The van der Waals surface area contributed by atoms with Crippen LogP contribution in [0.4, 0.5) is 13.2 Å². The van der Waals surface area contributed by atoms with Crippen molar-refractivity contribution in [3.63, 3.8) is 0 Å². The van der Waals surface area contributed by atoms with E-state index in [1.54, 1.807) is 12.1 Å². The number of ether oxygens (including phenoxy) is 2. The third kappa shape index (κ3) is 5.05. The molecule has 1 aliphatic carbocycles. The van der Waals surface area contributed by atoms with Crippen molar-refractivity contribution in [3.05, 3.63) is 100 Å². The number of fused-ring (bicyclic) bond motifs is 1. The van der Waals surface area contributed by atoms with Crippen molar-refractivity contribution in [2.45, 2.75) is 24.6 Å². The second-order valence-electron chi connectivity index (χ2n) is 8.39. The van der Waals surface area contributed by atoms with Crippen LogP contribution in [0, 0.1) is 11.8 Å². The van der Waals surface area contributed by atoms with E-state index in [1.165, 1.54) is 32.4 Å². The summed E-state index contributed by atoms with van der Waals surface area (Å²) in [5, 5.41) is 2.86. The van der Waals surface area contributed by atoms with Gasteiger partial charge in [-0.2, -0.15) is 13.2 Å². The van der Waals surface area contributed by atoms with E-state index >= 15 is 0 Å². The molecule has 0 aliphatic heterocycles. The summed E-state index contributed by atoms with van der Waals surface area (Å²) in [4.78, 5) is 26.0. The summed E-state index contributed by atoms with van der Waals surface area (Å²) in [7, 11) is 2.72. The zero-order chi connectivity index (χ0) is 25.9. The molecule has 184 valence electrons. The first-order chi connectivity index (χ1) is 17.1. The lowest BCUT2D eigenvalue weighted by molar-refractivity contribution is -0.147. The Morgan fingerprint density at radius 2 is 1.56 bits per heavy atom. The predicted octanol–water partition coefficient (Wildman–Crippen LogP) is 4.55. The normalized spacial score (nSPS) is 13.7. The zero-order valence-corrected chi connectivity index (χ0v) is 19.5. The topological polar surface area (TPSA) is 64.6 Å². The fourth-order valence-corrected chi connectivity index (χ4v) is 4.21. The maximum Gasteiger partial charge on any atom is 0.416 e. The minimum Gasteiger partial charge on any atom is -0.495 e. The number of hydrogen-bond donors (Lipinski definition) is 1. The Kier molecular flexibility index (Phi) is 6.75. The molecule has 0 fully saturated rings. The standard InChI is InChI=1S/C28H22F3NO4/c1-35-24-14-11-20(15-19(24)10-7-18-8-12-23(13-9-18)28(29,30)31)25(33)32-27(26(34)36-2)16-21-5-3-4-6-22(21)17-27/h3-6,8-9,11-15H,16-17H2,1-2H3,(H,32,33). The molecule has 1 aliphatic rings. The largest absolute Gasteiger partial charge is 0.495 e. The van der Waals surface area contributed by atoms with Crippen LogP contribution in [-0.4, -0.2) is 31.6 Å². The Balaban J connectivity index is 1.60. The molecule has 0 heterocycles. The fraction of sp³-hybridized carbons (Fsp3) is 0.214. The van der Waals surface area contributed by atoms with Gasteiger partial charge in [0.1, 0.15) is 11.3 Å². The van der Waals surface area contributed by atoms with Gasteiger partial charge in [-0.1, -0.05) is 36.1 Å². The summed E-state index contributed by atoms with van der Waals surface area (Å²) < 4.78 is 48.7. The van der Waals surface area contributed by atoms with Crippen LogP contribution < -0.4 is 10.1 Å². The molecule has 4 rings (SSSR count). The zero-order valence-electron chi connectivity index (χ0n) is 19.5. The first-order valence-electron chi connectivity index (χ1n) is 11.0. The van der Waals surface area contributed by atoms with Crippen LogP contribution >= 0.6 is 0 Å². The predicted molar refractivity (Wildman–Crippen MR) is 126 cm³/mol. The average Bonchev–Trinajstić information content (AvgIpc) is 3.25. The van der Waals surface area contributed by atoms with E-state index in [0.29, 0.717) is 29.7 Å². The number of benzene rings is 3. The molecule has 5 nitrogen and oxygen atoms in total. The second-order valence-corrected chi connectivity index (χ2v) is 8.39. The molecule has 0 atom stereocenters. The molecule has 0 radical (unpaired) electrons. The molecule has 3 aromatic rings. The molecule has 0 aromatic heterocycles. The number of methoxy groups -OCH3 is 2. The van der Waals surface area contributed by atoms with Crippen molar-refractivity contribution < 1.29 is 32.2 Å². The quantitative estimate of drug-likeness (QED) is 0.428. The van der Waals surface area contributed by atoms with E-state index in [2.05, 4.69) is 17.2 Å². The summed E-state index contributed by atoms with van der Waals surface area (Å²) in [5.74, 6) is 5.01. The van der Waals surface area contributed by atoms with Gasteiger partial charge >= 0.3 is 12.1 Å². The number of halogens is 3. The Morgan fingerprint density at radius 1 is 0.917 bits per heavy atom. The molecule has 0 saturated carbocycles. The summed E-state index contributed by atoms with van der Waals surface area (Å²) in [5.41, 5.74) is 0.897. The lowest BCUT2D eigenvalue weighted by Gasteiger charge is -2.27. The van der Waals surface area contributed by atoms with Gasteiger partial charge in [-0.3, -0.25) is 4.79 Å². The molecule has 0 spiro atoms. The smallest absolute Gasteiger partial charge is 0.416 e. The fourth-order valence-electron chi connectivity index (χ4n) is 4.21. The van der Waals surface area contributed by atoms with E-state index in [-0.39, 0.29) is 5.56 Å². The lowest BCUT2D eigenvalue weighted by atomic mass is 9.94. The van der Waals surface area contributed by atoms with Gasteiger partial charge in [0.05, 0.1) is 25.3 Å². The molecule has 1 amide bonds. The van der Waals surface area contributed by atoms with Crippen molar-refractivity contribution in [3.8, 4) is 17.6 Å². The molecule has 0 saturated heterocycles. The maximum absolute atomic E-state index is 13.2. The summed E-state index contributed by atoms with van der Waals surface area (Å²) in [6.07, 6.45) is -3.82. The van der Waals surface area contributed by atoms with Gasteiger partial charge in [0.15, 0.2) is 0 Å². The number of nitrogens with one attached hydrogen (secondary N) is 1. The molecule has 36 heavy (non-hydrogen) atoms. The van der Waals surface area contributed by atoms with E-state index in [4.69, 9.17) is 9.47 Å². The molecule has 8 heteroatoms. The SMILES string of the molecule is COC(=O)C1(NC(=O)c2ccc(OC)c(C#Cc3ccc(C(F)(F)F)cc3)c2)Cc2ccccc2C1. The van der Waals surface area contributed by atoms with Crippen molar-refractivity contribution in [1.29, 1.82) is 0 Å². The molecule has 1 N–H and O–H groups in total. The monoisotopic (exact) mass is 493 g/mol. The second kappa shape index (κ2) is 9.78. The van der Waals surface area contributed by atoms with E-state index in [0.717, 1.165) is 23.3 Å². The van der Waals surface area contributed by atoms with Crippen molar-refractivity contribution in [2.24, 2.45) is 0 Å². The molecular weight excluding hydrogens is 471 g/mol. The van der Waals surface area contributed by atoms with Gasteiger partial charge < -0.3 is 14.8 Å². The maximum atomic E-state index is 13.2. The van der Waals surface area contributed by atoms with E-state index < -0.39 is 29.2 Å². The van der Waals surface area contributed by atoms with Crippen LogP contribution in [0.3, 0.4) is 0 Å². The summed E-state index contributed by atoms with van der Waals surface area (Å²) in [6, 6.07) is 16.7. The van der Waals surface area contributed by atoms with E-state index in [1.807, 2.05) is 24.3 Å². The Morgan fingerprint density at radius 3 is 2.11 bits per heavy atom. The highest BCUT2D eigenvalue weighted by atomic mass is 19.4. The third-order valence-corrected chi connectivity index (χ3v) is 6.05. The van der Waals surface area contributed by atoms with Crippen LogP contribution in [0.15, 0.2) is 66.7 Å². The summed E-state index contributed by atoms with van der Waals surface area (Å²) >= 11 is 0. The molecule has 0 unspecified atom stereocenters. The Hall–Kier alpha value is -4.25. The first-order valence-corrected chi connectivity index (χ1v) is 11.0. The van der Waals surface area contributed by atoms with Gasteiger partial charge in [-0.25, -0.2) is 4.79 Å². The van der Waals surface area contributed by atoms with Gasteiger partial charge in [0.25, 0.3) is 5.91 Å². The first kappa shape index (κ1) is 24.9. The van der Waals surface area contributed by atoms with Crippen LogP contribution in [0.5, 0.6) is 5.75 Å². The summed E-state index contributed by atoms with van der Waals surface area (Å²) in [6.45, 7) is 0. The average molecular weight is 493 g/mol. The number of rotatable bonds is 4. The van der Waals surface area contributed by atoms with Gasteiger partial charge in [-0.05, 0) is 53.6 Å². The minimum atomic E-state index is -4.43. The van der Waals surface area contributed by atoms with Crippen molar-refractivity contribution >= 4 is 11.9 Å². The van der Waals surface area contributed by atoms with E-state index in [9.17, 15) is 22.8 Å². The molecular formula is C28H22F3NO4. The van der Waals surface area contributed by atoms with Crippen LogP contribution in [0.1, 0.15) is 38.2 Å². The van der Waals surface area contributed by atoms with Crippen LogP contribution in [0.25, 0.3) is 0 Å². The van der Waals surface area contributed by atoms with Gasteiger partial charge in [-0.15, -0.1) is 0 Å². The molecule has 3 aromatic carbocycles. The van der Waals surface area contributed by atoms with Crippen LogP contribution in [-0.2, 0) is 28.5 Å². The van der Waals surface area contributed by atoms with Gasteiger partial charge in [0.2, 0.25) is 0 Å². The Bertz CT molecular complexity index is 1340. The van der Waals surface area contributed by atoms with Gasteiger partial charge in [0, 0.05) is 24.0 Å². The third-order valence-electron chi connectivity index (χ3n) is 6.05. The number of esters is 1. The van der Waals surface area contributed by atoms with Crippen LogP contribution in [0.2, 0.25) is 0 Å². The molecule has 0 bridgehead atoms. The number of carbonyl (C=O) groups excluding carboxylic acids is 2. The number of hydrogen-bond acceptors (Lipinski definition) is 4. The van der Waals surface area contributed by atoms with Crippen molar-refractivity contribution in [1.82, 2.24) is 5.32 Å². The highest BCUT2D eigenvalue weighted by molar-refractivity contribution is 5.99. The Labute approximate surface area is 206 Å². The number of alkyl halides is 3. The highest BCUT2D eigenvalue weighted by Crippen LogP contribution is 2.32. The number of carbonyl (C=O) groups is 2.